The van der Waals surface area contributed by atoms with Crippen LogP contribution in [0, 0.1) is 0 Å². The minimum absolute atomic E-state index is 0.236. The van der Waals surface area contributed by atoms with Gasteiger partial charge in [0.25, 0.3) is 0 Å². The predicted molar refractivity (Wildman–Crippen MR) is 73.5 cm³/mol. The molecular weight excluding hydrogens is 284 g/mol. The normalized spacial score (nSPS) is 11.9. The summed E-state index contributed by atoms with van der Waals surface area (Å²) in [7, 11) is 1.25. The molecule has 0 fully saturated rings. The average molecular weight is 302 g/mol. The van der Waals surface area contributed by atoms with E-state index < -0.39 is 12.0 Å². The molecule has 0 aliphatic heterocycles. The molecule has 0 saturated carbocycles. The lowest BCUT2D eigenvalue weighted by Crippen LogP contribution is -2.42. The van der Waals surface area contributed by atoms with Crippen LogP contribution < -0.4 is 11.0 Å². The van der Waals surface area contributed by atoms with Crippen LogP contribution in [0.4, 0.5) is 0 Å². The van der Waals surface area contributed by atoms with Crippen LogP contribution in [0.25, 0.3) is 0 Å². The molecule has 1 aromatic rings. The maximum atomic E-state index is 11.5. The Hall–Kier alpha value is -1.77. The van der Waals surface area contributed by atoms with E-state index in [1.54, 1.807) is 0 Å². The van der Waals surface area contributed by atoms with Crippen molar-refractivity contribution in [1.82, 2.24) is 20.1 Å². The summed E-state index contributed by atoms with van der Waals surface area (Å²) in [6.45, 7) is 3.81. The molecule has 0 aromatic carbocycles. The number of carbonyl (C=O) groups is 2. The maximum absolute atomic E-state index is 11.5. The molecule has 1 unspecified atom stereocenters. The molecule has 8 nitrogen and oxygen atoms in total. The second-order valence-electron chi connectivity index (χ2n) is 4.05. The molecule has 2 N–H and O–H groups in total. The lowest BCUT2D eigenvalue weighted by molar-refractivity contribution is -0.144. The number of aromatic amines is 1. The number of nitrogens with zero attached hydrogens (tertiary/aromatic N) is 2. The molecular formula is C11H18N4O4S. The van der Waals surface area contributed by atoms with E-state index in [1.165, 1.54) is 30.4 Å². The first-order chi connectivity index (χ1) is 9.49. The zero-order valence-electron chi connectivity index (χ0n) is 11.6. The first-order valence-corrected chi connectivity index (χ1v) is 7.11. The first kappa shape index (κ1) is 16.3. The van der Waals surface area contributed by atoms with E-state index in [-0.39, 0.29) is 17.3 Å². The fraction of sp³-hybridized carbons (Fsp3) is 0.636. The number of aromatic nitrogens is 3. The Morgan fingerprint density at radius 2 is 2.25 bits per heavy atom. The Balaban J connectivity index is 2.74. The van der Waals surface area contributed by atoms with Gasteiger partial charge in [-0.3, -0.25) is 9.36 Å². The molecule has 0 aliphatic rings. The third-order valence-corrected chi connectivity index (χ3v) is 3.48. The fourth-order valence-electron chi connectivity index (χ4n) is 1.55. The number of rotatable bonds is 7. The molecule has 20 heavy (non-hydrogen) atoms. The molecule has 9 heteroatoms. The highest BCUT2D eigenvalue weighted by Crippen LogP contribution is 2.15. The second-order valence-corrected chi connectivity index (χ2v) is 5.04. The predicted octanol–water partition coefficient (Wildman–Crippen LogP) is -0.249. The van der Waals surface area contributed by atoms with Crippen molar-refractivity contribution < 1.29 is 14.3 Å². The van der Waals surface area contributed by atoms with Gasteiger partial charge in [0, 0.05) is 19.2 Å². The van der Waals surface area contributed by atoms with Crippen molar-refractivity contribution in [2.24, 2.45) is 0 Å². The van der Waals surface area contributed by atoms with Gasteiger partial charge >= 0.3 is 11.7 Å². The summed E-state index contributed by atoms with van der Waals surface area (Å²) in [4.78, 5) is 34.1. The van der Waals surface area contributed by atoms with Crippen LogP contribution in [0.15, 0.2) is 9.95 Å². The van der Waals surface area contributed by atoms with E-state index in [9.17, 15) is 14.4 Å². The summed E-state index contributed by atoms with van der Waals surface area (Å²) in [6, 6.07) is -0.774. The number of hydrogen-bond donors (Lipinski definition) is 2. The molecule has 1 aromatic heterocycles. The zero-order valence-corrected chi connectivity index (χ0v) is 12.5. The maximum Gasteiger partial charge on any atom is 0.343 e. The number of nitrogens with one attached hydrogen (secondary N) is 2. The monoisotopic (exact) mass is 302 g/mol. The molecule has 1 atom stereocenters. The van der Waals surface area contributed by atoms with Crippen molar-refractivity contribution in [3.63, 3.8) is 0 Å². The van der Waals surface area contributed by atoms with Gasteiger partial charge in [0.2, 0.25) is 5.91 Å². The summed E-state index contributed by atoms with van der Waals surface area (Å²) in [6.07, 6.45) is 0.791. The minimum atomic E-state index is -0.774. The Bertz CT molecular complexity index is 525. The summed E-state index contributed by atoms with van der Waals surface area (Å²) in [5.74, 6) is -0.623. The fourth-order valence-corrected chi connectivity index (χ4v) is 2.52. The van der Waals surface area contributed by atoms with Gasteiger partial charge in [-0.1, -0.05) is 18.7 Å². The van der Waals surface area contributed by atoms with Gasteiger partial charge in [-0.15, -0.1) is 5.10 Å². The summed E-state index contributed by atoms with van der Waals surface area (Å²) < 4.78 is 6.11. The Kier molecular flexibility index (Phi) is 6.29. The van der Waals surface area contributed by atoms with Gasteiger partial charge in [0.1, 0.15) is 6.04 Å². The number of hydrogen-bond acceptors (Lipinski definition) is 6. The van der Waals surface area contributed by atoms with Gasteiger partial charge in [0.05, 0.1) is 7.11 Å². The lowest BCUT2D eigenvalue weighted by Gasteiger charge is -2.14. The van der Waals surface area contributed by atoms with Gasteiger partial charge in [-0.2, -0.15) is 0 Å². The van der Waals surface area contributed by atoms with Crippen LogP contribution in [0.5, 0.6) is 0 Å². The van der Waals surface area contributed by atoms with E-state index >= 15 is 0 Å². The topological polar surface area (TPSA) is 106 Å². The van der Waals surface area contributed by atoms with Crippen LogP contribution in [0.2, 0.25) is 0 Å². The lowest BCUT2D eigenvalue weighted by atomic mass is 10.3. The molecule has 0 aliphatic carbocycles. The highest BCUT2D eigenvalue weighted by molar-refractivity contribution is 7.99. The standard InChI is InChI=1S/C11H18N4O4S/c1-4-5-15-10(18)13-14-11(15)20-6-8(9(17)19-3)12-7(2)16/h8H,4-6H2,1-3H3,(H,12,16)(H,13,18). The number of H-pyrrole nitrogens is 1. The number of esters is 1. The number of thioether (sulfide) groups is 1. The average Bonchev–Trinajstić information content (AvgIpc) is 2.75. The Labute approximate surface area is 120 Å². The van der Waals surface area contributed by atoms with Gasteiger partial charge in [-0.05, 0) is 6.42 Å². The van der Waals surface area contributed by atoms with Crippen molar-refractivity contribution in [3.05, 3.63) is 10.5 Å². The number of methoxy groups -OCH3 is 1. The van der Waals surface area contributed by atoms with Gasteiger partial charge in [-0.25, -0.2) is 14.7 Å². The van der Waals surface area contributed by atoms with Crippen LogP contribution in [-0.4, -0.2) is 45.5 Å². The molecule has 0 radical (unpaired) electrons. The summed E-state index contributed by atoms with van der Waals surface area (Å²) >= 11 is 1.21. The third-order valence-electron chi connectivity index (χ3n) is 2.41. The molecule has 0 spiro atoms. The Morgan fingerprint density at radius 3 is 2.80 bits per heavy atom. The molecule has 112 valence electrons. The van der Waals surface area contributed by atoms with Crippen LogP contribution >= 0.6 is 11.8 Å². The third kappa shape index (κ3) is 4.41. The SMILES string of the molecule is CCCn1c(SCC(NC(C)=O)C(=O)OC)n[nH]c1=O. The molecule has 1 heterocycles. The zero-order chi connectivity index (χ0) is 15.1. The second kappa shape index (κ2) is 7.73. The van der Waals surface area contributed by atoms with Crippen molar-refractivity contribution >= 4 is 23.6 Å². The van der Waals surface area contributed by atoms with E-state index in [0.29, 0.717) is 11.7 Å². The van der Waals surface area contributed by atoms with E-state index in [0.717, 1.165) is 6.42 Å². The van der Waals surface area contributed by atoms with E-state index in [4.69, 9.17) is 0 Å². The van der Waals surface area contributed by atoms with Crippen molar-refractivity contribution in [1.29, 1.82) is 0 Å². The van der Waals surface area contributed by atoms with Crippen molar-refractivity contribution in [2.45, 2.75) is 38.0 Å². The van der Waals surface area contributed by atoms with Crippen LogP contribution in [-0.2, 0) is 20.9 Å². The quantitative estimate of drug-likeness (QED) is 0.531. The molecule has 1 amide bonds. The molecule has 0 saturated heterocycles. The highest BCUT2D eigenvalue weighted by atomic mass is 32.2. The van der Waals surface area contributed by atoms with E-state index in [1.807, 2.05) is 6.92 Å². The molecule has 0 bridgehead atoms. The van der Waals surface area contributed by atoms with Gasteiger partial charge in [0.15, 0.2) is 5.16 Å². The largest absolute Gasteiger partial charge is 0.467 e. The first-order valence-electron chi connectivity index (χ1n) is 6.12. The van der Waals surface area contributed by atoms with Crippen LogP contribution in [0.1, 0.15) is 20.3 Å². The van der Waals surface area contributed by atoms with Gasteiger partial charge < -0.3 is 10.1 Å². The minimum Gasteiger partial charge on any atom is -0.467 e. The summed E-state index contributed by atoms with van der Waals surface area (Å²) in [5.41, 5.74) is -0.288. The number of ether oxygens (including phenoxy) is 1. The van der Waals surface area contributed by atoms with Crippen molar-refractivity contribution in [2.75, 3.05) is 12.9 Å². The van der Waals surface area contributed by atoms with Crippen LogP contribution in [0.3, 0.4) is 0 Å². The molecule has 1 rings (SSSR count). The van der Waals surface area contributed by atoms with E-state index in [2.05, 4.69) is 20.3 Å². The highest BCUT2D eigenvalue weighted by Gasteiger charge is 2.21. The Morgan fingerprint density at radius 1 is 1.55 bits per heavy atom. The van der Waals surface area contributed by atoms with Crippen molar-refractivity contribution in [3.8, 4) is 0 Å². The number of carbonyl (C=O) groups excluding carboxylic acids is 2. The summed E-state index contributed by atoms with van der Waals surface area (Å²) in [5, 5.41) is 9.24. The number of amides is 1. The smallest absolute Gasteiger partial charge is 0.343 e.